The summed E-state index contributed by atoms with van der Waals surface area (Å²) in [7, 11) is -3.83. The van der Waals surface area contributed by atoms with Crippen molar-refractivity contribution in [2.75, 3.05) is 5.32 Å². The molecule has 3 rings (SSSR count). The SMILES string of the molecule is CC(=O)Nc1ccc(S(=O)(=O)NN=Cc2cnc3ccccc3n2)cc1. The number of aromatic nitrogens is 2. The van der Waals surface area contributed by atoms with E-state index in [4.69, 9.17) is 0 Å². The van der Waals surface area contributed by atoms with E-state index in [1.807, 2.05) is 18.2 Å². The van der Waals surface area contributed by atoms with Gasteiger partial charge in [-0.25, -0.2) is 9.82 Å². The minimum Gasteiger partial charge on any atom is -0.326 e. The fourth-order valence-electron chi connectivity index (χ4n) is 2.17. The van der Waals surface area contributed by atoms with Crippen LogP contribution in [0.4, 0.5) is 5.69 Å². The summed E-state index contributed by atoms with van der Waals surface area (Å²) in [6, 6.07) is 13.1. The van der Waals surface area contributed by atoms with Gasteiger partial charge in [0, 0.05) is 12.6 Å². The number of hydrazone groups is 1. The lowest BCUT2D eigenvalue weighted by molar-refractivity contribution is -0.114. The van der Waals surface area contributed by atoms with Crippen molar-refractivity contribution in [3.63, 3.8) is 0 Å². The zero-order chi connectivity index (χ0) is 18.6. The number of anilines is 1. The van der Waals surface area contributed by atoms with E-state index in [2.05, 4.69) is 25.2 Å². The zero-order valence-electron chi connectivity index (χ0n) is 13.7. The van der Waals surface area contributed by atoms with Crippen LogP contribution in [0.25, 0.3) is 11.0 Å². The summed E-state index contributed by atoms with van der Waals surface area (Å²) in [5, 5.41) is 6.30. The summed E-state index contributed by atoms with van der Waals surface area (Å²) in [4.78, 5) is 21.7. The van der Waals surface area contributed by atoms with Crippen molar-refractivity contribution < 1.29 is 13.2 Å². The van der Waals surface area contributed by atoms with E-state index in [9.17, 15) is 13.2 Å². The molecule has 1 amide bonds. The van der Waals surface area contributed by atoms with E-state index in [-0.39, 0.29) is 10.8 Å². The molecule has 132 valence electrons. The smallest absolute Gasteiger partial charge is 0.276 e. The summed E-state index contributed by atoms with van der Waals surface area (Å²) < 4.78 is 24.4. The standard InChI is InChI=1S/C17H15N5O3S/c1-12(23)20-13-6-8-15(9-7-13)26(24,25)22-19-11-14-10-18-16-4-2-3-5-17(16)21-14/h2-11,22H,1H3,(H,20,23). The molecule has 0 radical (unpaired) electrons. The molecular formula is C17H15N5O3S. The molecule has 1 aromatic heterocycles. The second-order valence-electron chi connectivity index (χ2n) is 5.34. The number of sulfonamides is 1. The molecule has 9 heteroatoms. The Kier molecular flexibility index (Phi) is 4.90. The first kappa shape index (κ1) is 17.5. The summed E-state index contributed by atoms with van der Waals surface area (Å²) in [6.07, 6.45) is 2.78. The van der Waals surface area contributed by atoms with Gasteiger partial charge in [0.2, 0.25) is 5.91 Å². The second-order valence-corrected chi connectivity index (χ2v) is 7.00. The number of rotatable bonds is 5. The lowest BCUT2D eigenvalue weighted by Gasteiger charge is -2.05. The molecule has 0 aliphatic heterocycles. The van der Waals surface area contributed by atoms with Gasteiger partial charge < -0.3 is 5.32 Å². The van der Waals surface area contributed by atoms with Gasteiger partial charge in [-0.15, -0.1) is 0 Å². The molecule has 2 N–H and O–H groups in total. The van der Waals surface area contributed by atoms with Crippen LogP contribution in [0.2, 0.25) is 0 Å². The van der Waals surface area contributed by atoms with Crippen LogP contribution in [-0.4, -0.2) is 30.5 Å². The van der Waals surface area contributed by atoms with Gasteiger partial charge in [-0.3, -0.25) is 9.78 Å². The van der Waals surface area contributed by atoms with Gasteiger partial charge in [0.1, 0.15) is 5.69 Å². The zero-order valence-corrected chi connectivity index (χ0v) is 14.6. The van der Waals surface area contributed by atoms with E-state index < -0.39 is 10.0 Å². The molecule has 0 saturated carbocycles. The molecule has 0 bridgehead atoms. The third-order valence-corrected chi connectivity index (χ3v) is 4.56. The van der Waals surface area contributed by atoms with Gasteiger partial charge in [-0.2, -0.15) is 13.5 Å². The van der Waals surface area contributed by atoms with E-state index >= 15 is 0 Å². The normalized spacial score (nSPS) is 11.6. The average molecular weight is 369 g/mol. The monoisotopic (exact) mass is 369 g/mol. The van der Waals surface area contributed by atoms with Crippen molar-refractivity contribution in [1.82, 2.24) is 14.8 Å². The fraction of sp³-hybridized carbons (Fsp3) is 0.0588. The molecule has 26 heavy (non-hydrogen) atoms. The highest BCUT2D eigenvalue weighted by molar-refractivity contribution is 7.89. The van der Waals surface area contributed by atoms with Crippen LogP contribution >= 0.6 is 0 Å². The number of hydrogen-bond acceptors (Lipinski definition) is 6. The highest BCUT2D eigenvalue weighted by atomic mass is 32.2. The van der Waals surface area contributed by atoms with Crippen LogP contribution in [0, 0.1) is 0 Å². The number of carbonyl (C=O) groups is 1. The molecule has 1 heterocycles. The minimum absolute atomic E-state index is 0.0216. The first-order chi connectivity index (χ1) is 12.4. The van der Waals surface area contributed by atoms with Crippen molar-refractivity contribution in [1.29, 1.82) is 0 Å². The lowest BCUT2D eigenvalue weighted by atomic mass is 10.3. The Morgan fingerprint density at radius 2 is 1.77 bits per heavy atom. The Morgan fingerprint density at radius 3 is 2.46 bits per heavy atom. The second kappa shape index (κ2) is 7.28. The Bertz CT molecular complexity index is 1080. The molecule has 0 spiro atoms. The first-order valence-corrected chi connectivity index (χ1v) is 9.07. The number of fused-ring (bicyclic) bond motifs is 1. The number of hydrogen-bond donors (Lipinski definition) is 2. The molecule has 8 nitrogen and oxygen atoms in total. The molecule has 0 unspecified atom stereocenters. The van der Waals surface area contributed by atoms with Crippen LogP contribution in [-0.2, 0) is 14.8 Å². The van der Waals surface area contributed by atoms with Crippen LogP contribution in [0.5, 0.6) is 0 Å². The van der Waals surface area contributed by atoms with E-state index in [1.165, 1.54) is 43.6 Å². The minimum atomic E-state index is -3.83. The quantitative estimate of drug-likeness (QED) is 0.527. The van der Waals surface area contributed by atoms with Gasteiger partial charge in [-0.1, -0.05) is 12.1 Å². The van der Waals surface area contributed by atoms with Gasteiger partial charge in [0.25, 0.3) is 10.0 Å². The average Bonchev–Trinajstić information content (AvgIpc) is 2.61. The third kappa shape index (κ3) is 4.19. The number of benzene rings is 2. The largest absolute Gasteiger partial charge is 0.326 e. The Balaban J connectivity index is 1.72. The summed E-state index contributed by atoms with van der Waals surface area (Å²) in [6.45, 7) is 1.37. The van der Waals surface area contributed by atoms with Crippen LogP contribution < -0.4 is 10.1 Å². The number of para-hydroxylation sites is 2. The molecular weight excluding hydrogens is 354 g/mol. The Hall–Kier alpha value is -3.33. The molecule has 0 aliphatic rings. The van der Waals surface area contributed by atoms with Crippen LogP contribution in [0.1, 0.15) is 12.6 Å². The summed E-state index contributed by atoms with van der Waals surface area (Å²) in [5.74, 6) is -0.236. The maximum absolute atomic E-state index is 12.2. The number of nitrogens with zero attached hydrogens (tertiary/aromatic N) is 3. The molecule has 0 aliphatic carbocycles. The molecule has 3 aromatic rings. The van der Waals surface area contributed by atoms with Gasteiger partial charge in [0.15, 0.2) is 0 Å². The highest BCUT2D eigenvalue weighted by Gasteiger charge is 2.12. The van der Waals surface area contributed by atoms with E-state index in [1.54, 1.807) is 6.07 Å². The van der Waals surface area contributed by atoms with Crippen molar-refractivity contribution in [2.24, 2.45) is 5.10 Å². The Labute approximate surface area is 150 Å². The van der Waals surface area contributed by atoms with Crippen molar-refractivity contribution in [3.8, 4) is 0 Å². The third-order valence-electron chi connectivity index (χ3n) is 3.32. The van der Waals surface area contributed by atoms with Crippen molar-refractivity contribution in [2.45, 2.75) is 11.8 Å². The predicted octanol–water partition coefficient (Wildman–Crippen LogP) is 1.90. The maximum Gasteiger partial charge on any atom is 0.276 e. The van der Waals surface area contributed by atoms with E-state index in [0.29, 0.717) is 16.9 Å². The van der Waals surface area contributed by atoms with E-state index in [0.717, 1.165) is 5.52 Å². The molecule has 0 atom stereocenters. The summed E-state index contributed by atoms with van der Waals surface area (Å²) >= 11 is 0. The van der Waals surface area contributed by atoms with Crippen molar-refractivity contribution >= 4 is 38.9 Å². The van der Waals surface area contributed by atoms with Crippen molar-refractivity contribution in [3.05, 3.63) is 60.4 Å². The lowest BCUT2D eigenvalue weighted by Crippen LogP contribution is -2.18. The van der Waals surface area contributed by atoms with Gasteiger partial charge >= 0.3 is 0 Å². The molecule has 0 fully saturated rings. The highest BCUT2D eigenvalue weighted by Crippen LogP contribution is 2.14. The number of carbonyl (C=O) groups excluding carboxylic acids is 1. The first-order valence-electron chi connectivity index (χ1n) is 7.58. The molecule has 0 saturated heterocycles. The van der Waals surface area contributed by atoms with Crippen LogP contribution in [0.3, 0.4) is 0 Å². The van der Waals surface area contributed by atoms with Gasteiger partial charge in [0.05, 0.1) is 28.3 Å². The number of amides is 1. The maximum atomic E-state index is 12.2. The summed E-state index contributed by atoms with van der Waals surface area (Å²) in [5.41, 5.74) is 2.36. The topological polar surface area (TPSA) is 113 Å². The van der Waals surface area contributed by atoms with Gasteiger partial charge in [-0.05, 0) is 36.4 Å². The number of nitrogens with one attached hydrogen (secondary N) is 2. The van der Waals surface area contributed by atoms with Crippen LogP contribution in [0.15, 0.2) is 64.7 Å². The fourth-order valence-corrected chi connectivity index (χ4v) is 2.96. The predicted molar refractivity (Wildman–Crippen MR) is 98.2 cm³/mol. The molecule has 2 aromatic carbocycles. The Morgan fingerprint density at radius 1 is 1.08 bits per heavy atom.